The van der Waals surface area contributed by atoms with Crippen LogP contribution in [0.1, 0.15) is 11.1 Å². The van der Waals surface area contributed by atoms with Crippen molar-refractivity contribution in [2.45, 2.75) is 6.54 Å². The van der Waals surface area contributed by atoms with Gasteiger partial charge in [0.05, 0.1) is 19.2 Å². The lowest BCUT2D eigenvalue weighted by molar-refractivity contribution is 0.378. The molecule has 2 heterocycles. The second-order valence-electron chi connectivity index (χ2n) is 5.84. The van der Waals surface area contributed by atoms with Crippen LogP contribution >= 0.6 is 0 Å². The van der Waals surface area contributed by atoms with E-state index in [2.05, 4.69) is 30.8 Å². The average Bonchev–Trinajstić information content (AvgIpc) is 2.72. The minimum Gasteiger partial charge on any atom is -0.495 e. The first kappa shape index (κ1) is 17.5. The lowest BCUT2D eigenvalue weighted by atomic mass is 10.1. The molecule has 1 saturated heterocycles. The summed E-state index contributed by atoms with van der Waals surface area (Å²) in [6.07, 6.45) is 3.49. The number of nitrogens with zero attached hydrogens (tertiary/aromatic N) is 6. The minimum atomic E-state index is 0.440. The summed E-state index contributed by atoms with van der Waals surface area (Å²) in [5, 5.41) is 9.04. The summed E-state index contributed by atoms with van der Waals surface area (Å²) in [6.45, 7) is 3.57. The number of piperazine rings is 1. The Labute approximate surface area is 152 Å². The van der Waals surface area contributed by atoms with Crippen LogP contribution in [-0.2, 0) is 6.54 Å². The van der Waals surface area contributed by atoms with Gasteiger partial charge in [0.2, 0.25) is 5.95 Å². The van der Waals surface area contributed by atoms with Gasteiger partial charge >= 0.3 is 0 Å². The van der Waals surface area contributed by atoms with Gasteiger partial charge in [-0.3, -0.25) is 0 Å². The third-order valence-corrected chi connectivity index (χ3v) is 4.25. The van der Waals surface area contributed by atoms with Crippen LogP contribution in [0.5, 0.6) is 5.75 Å². The number of aromatic nitrogens is 2. The maximum Gasteiger partial charge on any atom is 0.225 e. The molecule has 8 nitrogen and oxygen atoms in total. The molecule has 2 N–H and O–H groups in total. The van der Waals surface area contributed by atoms with Gasteiger partial charge in [0.15, 0.2) is 5.96 Å². The van der Waals surface area contributed by atoms with Crippen LogP contribution < -0.4 is 15.4 Å². The zero-order valence-corrected chi connectivity index (χ0v) is 14.7. The van der Waals surface area contributed by atoms with Crippen molar-refractivity contribution in [1.29, 1.82) is 5.26 Å². The molecule has 1 aromatic carbocycles. The number of hydrogen-bond acceptors (Lipinski definition) is 6. The molecule has 134 valence electrons. The third kappa shape index (κ3) is 4.00. The van der Waals surface area contributed by atoms with Crippen molar-refractivity contribution in [2.75, 3.05) is 38.2 Å². The molecule has 0 radical (unpaired) electrons. The van der Waals surface area contributed by atoms with Crippen molar-refractivity contribution < 1.29 is 4.74 Å². The van der Waals surface area contributed by atoms with Crippen molar-refractivity contribution in [3.8, 4) is 11.8 Å². The van der Waals surface area contributed by atoms with E-state index in [9.17, 15) is 0 Å². The predicted octanol–water partition coefficient (Wildman–Crippen LogP) is 0.994. The number of methoxy groups -OCH3 is 1. The van der Waals surface area contributed by atoms with Crippen LogP contribution in [0.4, 0.5) is 5.95 Å². The molecule has 1 fully saturated rings. The monoisotopic (exact) mass is 351 g/mol. The summed E-state index contributed by atoms with van der Waals surface area (Å²) in [4.78, 5) is 17.2. The lowest BCUT2D eigenvalue weighted by Gasteiger charge is -2.35. The first-order chi connectivity index (χ1) is 12.7. The highest BCUT2D eigenvalue weighted by Gasteiger charge is 2.19. The van der Waals surface area contributed by atoms with E-state index in [0.29, 0.717) is 23.8 Å². The zero-order valence-electron chi connectivity index (χ0n) is 14.7. The number of rotatable bonds is 4. The molecule has 2 aromatic rings. The Balaban J connectivity index is 1.58. The summed E-state index contributed by atoms with van der Waals surface area (Å²) in [7, 11) is 1.55. The molecule has 0 unspecified atom stereocenters. The highest BCUT2D eigenvalue weighted by Crippen LogP contribution is 2.19. The van der Waals surface area contributed by atoms with Crippen molar-refractivity contribution in [3.05, 3.63) is 47.8 Å². The molecule has 26 heavy (non-hydrogen) atoms. The number of ether oxygens (including phenoxy) is 1. The number of guanidine groups is 1. The largest absolute Gasteiger partial charge is 0.495 e. The molecule has 1 aliphatic heterocycles. The molecule has 0 atom stereocenters. The van der Waals surface area contributed by atoms with Crippen LogP contribution in [0.25, 0.3) is 0 Å². The average molecular weight is 351 g/mol. The van der Waals surface area contributed by atoms with E-state index < -0.39 is 0 Å². The van der Waals surface area contributed by atoms with Crippen molar-refractivity contribution in [3.63, 3.8) is 0 Å². The standard InChI is InChI=1S/C18H21N7O/c1-26-16-11-14(3-4-15(16)12-19)13-23-17(20)24-7-9-25(10-8-24)18-21-5-2-6-22-18/h2-6,11H,7-10,13H2,1H3,(H2,20,23). The van der Waals surface area contributed by atoms with E-state index in [1.165, 1.54) is 0 Å². The third-order valence-electron chi connectivity index (χ3n) is 4.25. The summed E-state index contributed by atoms with van der Waals surface area (Å²) >= 11 is 0. The maximum absolute atomic E-state index is 9.04. The molecule has 0 aliphatic carbocycles. The van der Waals surface area contributed by atoms with Gasteiger partial charge in [-0.1, -0.05) is 6.07 Å². The summed E-state index contributed by atoms with van der Waals surface area (Å²) in [6, 6.07) is 9.33. The predicted molar refractivity (Wildman–Crippen MR) is 98.9 cm³/mol. The fourth-order valence-corrected chi connectivity index (χ4v) is 2.79. The summed E-state index contributed by atoms with van der Waals surface area (Å²) in [5.41, 5.74) is 7.60. The zero-order chi connectivity index (χ0) is 18.4. The van der Waals surface area contributed by atoms with Gasteiger partial charge in [0.1, 0.15) is 11.8 Å². The normalized spacial score (nSPS) is 14.8. The molecule has 1 aromatic heterocycles. The van der Waals surface area contributed by atoms with Crippen LogP contribution in [0.15, 0.2) is 41.7 Å². The number of anilines is 1. The van der Waals surface area contributed by atoms with Crippen molar-refractivity contribution in [1.82, 2.24) is 14.9 Å². The summed E-state index contributed by atoms with van der Waals surface area (Å²) < 4.78 is 5.22. The van der Waals surface area contributed by atoms with Gasteiger partial charge < -0.3 is 20.3 Å². The van der Waals surface area contributed by atoms with Gasteiger partial charge in [-0.15, -0.1) is 0 Å². The highest BCUT2D eigenvalue weighted by molar-refractivity contribution is 5.78. The number of benzene rings is 1. The molecular weight excluding hydrogens is 330 g/mol. The first-order valence-electron chi connectivity index (χ1n) is 8.35. The Hall–Kier alpha value is -3.34. The van der Waals surface area contributed by atoms with Gasteiger partial charge in [-0.25, -0.2) is 15.0 Å². The maximum atomic E-state index is 9.04. The van der Waals surface area contributed by atoms with Crippen molar-refractivity contribution >= 4 is 11.9 Å². The minimum absolute atomic E-state index is 0.440. The van der Waals surface area contributed by atoms with Crippen LogP contribution in [0.2, 0.25) is 0 Å². The number of hydrogen-bond donors (Lipinski definition) is 1. The first-order valence-corrected chi connectivity index (χ1v) is 8.35. The van der Waals surface area contributed by atoms with E-state index in [1.807, 2.05) is 18.2 Å². The van der Waals surface area contributed by atoms with E-state index in [1.54, 1.807) is 25.6 Å². The van der Waals surface area contributed by atoms with E-state index in [-0.39, 0.29) is 0 Å². The molecule has 0 spiro atoms. The molecule has 0 bridgehead atoms. The van der Waals surface area contributed by atoms with Gasteiger partial charge in [-0.2, -0.15) is 5.26 Å². The topological polar surface area (TPSA) is 104 Å². The van der Waals surface area contributed by atoms with Crippen LogP contribution in [-0.4, -0.2) is 54.1 Å². The Morgan fingerprint density at radius 3 is 2.65 bits per heavy atom. The Morgan fingerprint density at radius 2 is 2.00 bits per heavy atom. The summed E-state index contributed by atoms with van der Waals surface area (Å²) in [5.74, 6) is 1.81. The second-order valence-corrected chi connectivity index (χ2v) is 5.84. The fraction of sp³-hybridized carbons (Fsp3) is 0.333. The van der Waals surface area contributed by atoms with Gasteiger partial charge in [0.25, 0.3) is 0 Å². The molecule has 3 rings (SSSR count). The molecule has 0 saturated carbocycles. The Morgan fingerprint density at radius 1 is 1.27 bits per heavy atom. The number of aliphatic imine (C=N–C) groups is 1. The van der Waals surface area contributed by atoms with Gasteiger partial charge in [0, 0.05) is 38.6 Å². The second kappa shape index (κ2) is 8.16. The highest BCUT2D eigenvalue weighted by atomic mass is 16.5. The Bertz CT molecular complexity index is 808. The van der Waals surface area contributed by atoms with Gasteiger partial charge in [-0.05, 0) is 23.8 Å². The molecular formula is C18H21N7O. The van der Waals surface area contributed by atoms with E-state index >= 15 is 0 Å². The van der Waals surface area contributed by atoms with Crippen LogP contribution in [0.3, 0.4) is 0 Å². The fourth-order valence-electron chi connectivity index (χ4n) is 2.79. The van der Waals surface area contributed by atoms with E-state index in [0.717, 1.165) is 37.7 Å². The molecule has 0 amide bonds. The SMILES string of the molecule is COc1cc(CN=C(N)N2CCN(c3ncccn3)CC2)ccc1C#N. The van der Waals surface area contributed by atoms with E-state index in [4.69, 9.17) is 15.7 Å². The number of nitriles is 1. The lowest BCUT2D eigenvalue weighted by Crippen LogP contribution is -2.51. The Kier molecular flexibility index (Phi) is 5.49. The van der Waals surface area contributed by atoms with Crippen LogP contribution in [0, 0.1) is 11.3 Å². The smallest absolute Gasteiger partial charge is 0.225 e. The molecule has 8 heteroatoms. The van der Waals surface area contributed by atoms with Crippen molar-refractivity contribution in [2.24, 2.45) is 10.7 Å². The molecule has 1 aliphatic rings. The quantitative estimate of drug-likeness (QED) is 0.647. The number of nitrogens with two attached hydrogens (primary N) is 1.